The Labute approximate surface area is 123 Å². The fourth-order valence-electron chi connectivity index (χ4n) is 1.91. The van der Waals surface area contributed by atoms with Gasteiger partial charge in [-0.3, -0.25) is 0 Å². The fourth-order valence-corrected chi connectivity index (χ4v) is 3.08. The predicted octanol–water partition coefficient (Wildman–Crippen LogP) is 2.66. The van der Waals surface area contributed by atoms with Crippen LogP contribution in [0.2, 0.25) is 0 Å². The Balaban J connectivity index is 2.29. The normalized spacial score (nSPS) is 11.6. The molecule has 4 nitrogen and oxygen atoms in total. The molecule has 0 bridgehead atoms. The zero-order valence-electron chi connectivity index (χ0n) is 11.8. The molecule has 0 saturated heterocycles. The van der Waals surface area contributed by atoms with E-state index in [-0.39, 0.29) is 17.2 Å². The van der Waals surface area contributed by atoms with Crippen molar-refractivity contribution in [1.82, 2.24) is 4.31 Å². The number of hydrogen-bond donors (Lipinski definition) is 0. The van der Waals surface area contributed by atoms with Crippen molar-refractivity contribution in [3.05, 3.63) is 59.9 Å². The molecule has 0 N–H and O–H groups in total. The van der Waals surface area contributed by atoms with E-state index in [1.165, 1.54) is 30.6 Å². The Morgan fingerprint density at radius 2 is 1.81 bits per heavy atom. The van der Waals surface area contributed by atoms with Gasteiger partial charge < -0.3 is 4.74 Å². The van der Waals surface area contributed by atoms with Gasteiger partial charge in [-0.2, -0.15) is 4.31 Å². The van der Waals surface area contributed by atoms with E-state index in [9.17, 15) is 12.8 Å². The van der Waals surface area contributed by atoms with Gasteiger partial charge in [0.2, 0.25) is 10.0 Å². The average molecular weight is 309 g/mol. The van der Waals surface area contributed by atoms with E-state index in [1.54, 1.807) is 0 Å². The van der Waals surface area contributed by atoms with Crippen molar-refractivity contribution in [1.29, 1.82) is 0 Å². The summed E-state index contributed by atoms with van der Waals surface area (Å²) < 4.78 is 44.3. The molecule has 0 aromatic heterocycles. The van der Waals surface area contributed by atoms with Crippen LogP contribution in [0.4, 0.5) is 4.39 Å². The predicted molar refractivity (Wildman–Crippen MR) is 78.0 cm³/mol. The van der Waals surface area contributed by atoms with Gasteiger partial charge in [0.25, 0.3) is 0 Å². The van der Waals surface area contributed by atoms with Gasteiger partial charge in [0.05, 0.1) is 12.0 Å². The smallest absolute Gasteiger partial charge is 0.243 e. The van der Waals surface area contributed by atoms with Crippen LogP contribution < -0.4 is 4.74 Å². The minimum Gasteiger partial charge on any atom is -0.494 e. The molecule has 2 rings (SSSR count). The number of benzene rings is 2. The minimum atomic E-state index is -3.70. The largest absolute Gasteiger partial charge is 0.494 e. The Morgan fingerprint density at radius 1 is 1.14 bits per heavy atom. The molecule has 0 aliphatic heterocycles. The number of nitrogens with zero attached hydrogens (tertiary/aromatic N) is 1. The van der Waals surface area contributed by atoms with Crippen molar-refractivity contribution in [3.63, 3.8) is 0 Å². The van der Waals surface area contributed by atoms with Crippen LogP contribution >= 0.6 is 0 Å². The number of rotatable bonds is 5. The van der Waals surface area contributed by atoms with E-state index in [2.05, 4.69) is 0 Å². The van der Waals surface area contributed by atoms with Crippen LogP contribution in [-0.2, 0) is 16.6 Å². The van der Waals surface area contributed by atoms with Crippen LogP contribution in [0.3, 0.4) is 0 Å². The lowest BCUT2D eigenvalue weighted by Gasteiger charge is -2.17. The maximum Gasteiger partial charge on any atom is 0.243 e. The minimum absolute atomic E-state index is 0.000758. The quantitative estimate of drug-likeness (QED) is 0.853. The maximum atomic E-state index is 13.4. The molecule has 0 amide bonds. The van der Waals surface area contributed by atoms with Crippen molar-refractivity contribution >= 4 is 10.0 Å². The van der Waals surface area contributed by atoms with Crippen LogP contribution in [0, 0.1) is 5.82 Å². The summed E-state index contributed by atoms with van der Waals surface area (Å²) in [5, 5.41) is 0. The molecule has 21 heavy (non-hydrogen) atoms. The summed E-state index contributed by atoms with van der Waals surface area (Å²) in [5.74, 6) is -0.689. The van der Waals surface area contributed by atoms with Crippen molar-refractivity contribution in [2.45, 2.75) is 11.4 Å². The van der Waals surface area contributed by atoms with Crippen LogP contribution in [0.15, 0.2) is 53.4 Å². The number of ether oxygens (including phenoxy) is 1. The summed E-state index contributed by atoms with van der Waals surface area (Å²) >= 11 is 0. The first-order valence-corrected chi connectivity index (χ1v) is 7.73. The monoisotopic (exact) mass is 309 g/mol. The second-order valence-electron chi connectivity index (χ2n) is 4.54. The van der Waals surface area contributed by atoms with Crippen molar-refractivity contribution < 1.29 is 17.5 Å². The molecule has 6 heteroatoms. The molecule has 2 aromatic carbocycles. The third-order valence-electron chi connectivity index (χ3n) is 3.08. The molecule has 112 valence electrons. The van der Waals surface area contributed by atoms with Gasteiger partial charge in [-0.15, -0.1) is 0 Å². The average Bonchev–Trinajstić information content (AvgIpc) is 2.48. The fraction of sp³-hybridized carbons (Fsp3) is 0.200. The number of sulfonamides is 1. The molecular weight excluding hydrogens is 293 g/mol. The first-order valence-electron chi connectivity index (χ1n) is 6.29. The number of hydrogen-bond acceptors (Lipinski definition) is 3. The first kappa shape index (κ1) is 15.5. The standard InChI is InChI=1S/C15H16FNO3S/c1-17(11-12-6-4-3-5-7-12)21(18,19)13-8-9-14(16)15(10-13)20-2/h3-10H,11H2,1-2H3. The third kappa shape index (κ3) is 3.40. The highest BCUT2D eigenvalue weighted by Gasteiger charge is 2.22. The topological polar surface area (TPSA) is 46.6 Å². The molecule has 0 fully saturated rings. The van der Waals surface area contributed by atoms with E-state index in [0.29, 0.717) is 0 Å². The summed E-state index contributed by atoms with van der Waals surface area (Å²) in [4.78, 5) is -0.000758. The Morgan fingerprint density at radius 3 is 2.43 bits per heavy atom. The molecule has 0 atom stereocenters. The molecule has 0 spiro atoms. The van der Waals surface area contributed by atoms with E-state index < -0.39 is 15.8 Å². The lowest BCUT2D eigenvalue weighted by atomic mass is 10.2. The summed E-state index contributed by atoms with van der Waals surface area (Å²) in [6.45, 7) is 0.239. The summed E-state index contributed by atoms with van der Waals surface area (Å²) in [6, 6.07) is 12.7. The van der Waals surface area contributed by atoms with Gasteiger partial charge in [0, 0.05) is 19.7 Å². The Bertz CT molecular complexity index is 717. The van der Waals surface area contributed by atoms with Gasteiger partial charge in [-0.25, -0.2) is 12.8 Å². The van der Waals surface area contributed by atoms with E-state index >= 15 is 0 Å². The lowest BCUT2D eigenvalue weighted by Crippen LogP contribution is -2.26. The summed E-state index contributed by atoms with van der Waals surface area (Å²) in [6.07, 6.45) is 0. The first-order chi connectivity index (χ1) is 9.95. The molecular formula is C15H16FNO3S. The highest BCUT2D eigenvalue weighted by Crippen LogP contribution is 2.24. The third-order valence-corrected chi connectivity index (χ3v) is 4.88. The molecule has 0 aliphatic rings. The lowest BCUT2D eigenvalue weighted by molar-refractivity contribution is 0.384. The molecule has 2 aromatic rings. The molecule has 0 aliphatic carbocycles. The van der Waals surface area contributed by atoms with Gasteiger partial charge in [-0.05, 0) is 17.7 Å². The van der Waals surface area contributed by atoms with Crippen LogP contribution in [0.1, 0.15) is 5.56 Å². The van der Waals surface area contributed by atoms with E-state index in [1.807, 2.05) is 30.3 Å². The van der Waals surface area contributed by atoms with Crippen molar-refractivity contribution in [3.8, 4) is 5.75 Å². The Kier molecular flexibility index (Phi) is 4.59. The second-order valence-corrected chi connectivity index (χ2v) is 6.59. The molecule has 0 radical (unpaired) electrons. The summed E-state index contributed by atoms with van der Waals surface area (Å²) in [5.41, 5.74) is 0.873. The van der Waals surface area contributed by atoms with Crippen LogP contribution in [0.5, 0.6) is 5.75 Å². The summed E-state index contributed by atoms with van der Waals surface area (Å²) in [7, 11) is -0.921. The van der Waals surface area contributed by atoms with Crippen LogP contribution in [-0.4, -0.2) is 26.9 Å². The van der Waals surface area contributed by atoms with Gasteiger partial charge in [0.1, 0.15) is 0 Å². The van der Waals surface area contributed by atoms with Crippen LogP contribution in [0.25, 0.3) is 0 Å². The molecule has 0 saturated carbocycles. The van der Waals surface area contributed by atoms with E-state index in [0.717, 1.165) is 11.6 Å². The number of methoxy groups -OCH3 is 1. The molecule has 0 unspecified atom stereocenters. The molecule has 0 heterocycles. The zero-order valence-corrected chi connectivity index (χ0v) is 12.6. The van der Waals surface area contributed by atoms with E-state index in [4.69, 9.17) is 4.74 Å². The van der Waals surface area contributed by atoms with Gasteiger partial charge in [-0.1, -0.05) is 30.3 Å². The van der Waals surface area contributed by atoms with Gasteiger partial charge in [0.15, 0.2) is 11.6 Å². The van der Waals surface area contributed by atoms with Crippen molar-refractivity contribution in [2.75, 3.05) is 14.2 Å². The highest BCUT2D eigenvalue weighted by molar-refractivity contribution is 7.89. The van der Waals surface area contributed by atoms with Crippen molar-refractivity contribution in [2.24, 2.45) is 0 Å². The number of halogens is 1. The zero-order chi connectivity index (χ0) is 15.5. The maximum absolute atomic E-state index is 13.4. The Hall–Kier alpha value is -1.92. The highest BCUT2D eigenvalue weighted by atomic mass is 32.2. The second kappa shape index (κ2) is 6.24. The van der Waals surface area contributed by atoms with Gasteiger partial charge >= 0.3 is 0 Å². The SMILES string of the molecule is COc1cc(S(=O)(=O)N(C)Cc2ccccc2)ccc1F.